The monoisotopic (exact) mass is 384 g/mol. The van der Waals surface area contributed by atoms with Gasteiger partial charge in [-0.3, -0.25) is 9.11 Å². The number of hydrogen-bond donors (Lipinski definition) is 2. The molecule has 2 aromatic carbocycles. The average Bonchev–Trinajstić information content (AvgIpc) is 2.44. The van der Waals surface area contributed by atoms with Crippen molar-refractivity contribution in [2.45, 2.75) is 42.9 Å². The smallest absolute Gasteiger partial charge is 0.282 e. The van der Waals surface area contributed by atoms with E-state index in [1.165, 1.54) is 12.1 Å². The molecule has 0 aromatic heterocycles. The molecule has 0 bridgehead atoms. The summed E-state index contributed by atoms with van der Waals surface area (Å²) in [6.45, 7) is 5.32. The van der Waals surface area contributed by atoms with Crippen LogP contribution in [0.2, 0.25) is 0 Å². The van der Waals surface area contributed by atoms with Gasteiger partial charge in [0.05, 0.1) is 9.79 Å². The van der Waals surface area contributed by atoms with Gasteiger partial charge in [-0.05, 0) is 49.4 Å². The Hall–Kier alpha value is -1.74. The first-order valence-electron chi connectivity index (χ1n) is 7.54. The lowest BCUT2D eigenvalue weighted by Gasteiger charge is -2.18. The van der Waals surface area contributed by atoms with Crippen molar-refractivity contribution in [3.63, 3.8) is 0 Å². The maximum atomic E-state index is 11.6. The molecule has 0 heterocycles. The summed E-state index contributed by atoms with van der Waals surface area (Å²) in [5, 5.41) is 0. The summed E-state index contributed by atoms with van der Waals surface area (Å²) in [6, 6.07) is 9.10. The Kier molecular flexibility index (Phi) is 5.38. The van der Waals surface area contributed by atoms with Crippen LogP contribution in [0.5, 0.6) is 0 Å². The summed E-state index contributed by atoms with van der Waals surface area (Å²) in [5.74, 6) is -0.404. The molecule has 136 valence electrons. The second-order valence-electron chi connectivity index (χ2n) is 6.21. The quantitative estimate of drug-likeness (QED) is 0.767. The molecule has 8 heteroatoms. The second-order valence-corrected chi connectivity index (χ2v) is 8.99. The summed E-state index contributed by atoms with van der Waals surface area (Å²) in [6.07, 6.45) is 0.183. The standard InChI is InChI=1S/C17H20O6S2/c1-11-4-6-16(24(18,19)20)14(8-11)10-13(3)15-9-12(2)5-7-17(15)25(21,22)23/h4-9,13H,10H2,1-3H3,(H,18,19,20)(H,21,22,23)/t13-/m1/s1. The van der Waals surface area contributed by atoms with Crippen LogP contribution in [0.15, 0.2) is 46.2 Å². The third-order valence-corrected chi connectivity index (χ3v) is 5.88. The zero-order valence-electron chi connectivity index (χ0n) is 14.1. The summed E-state index contributed by atoms with van der Waals surface area (Å²) in [5.41, 5.74) is 2.41. The highest BCUT2D eigenvalue weighted by atomic mass is 32.2. The van der Waals surface area contributed by atoms with E-state index in [-0.39, 0.29) is 16.2 Å². The second kappa shape index (κ2) is 6.87. The molecule has 2 aromatic rings. The minimum absolute atomic E-state index is 0.183. The predicted octanol–water partition coefficient (Wildman–Crippen LogP) is 3.14. The van der Waals surface area contributed by atoms with E-state index < -0.39 is 26.2 Å². The van der Waals surface area contributed by atoms with E-state index in [1.807, 2.05) is 0 Å². The van der Waals surface area contributed by atoms with Crippen LogP contribution in [0.3, 0.4) is 0 Å². The third-order valence-electron chi connectivity index (χ3n) is 3.99. The van der Waals surface area contributed by atoms with Crippen LogP contribution in [0.4, 0.5) is 0 Å². The summed E-state index contributed by atoms with van der Waals surface area (Å²) < 4.78 is 65.3. The average molecular weight is 384 g/mol. The minimum atomic E-state index is -4.40. The fourth-order valence-electron chi connectivity index (χ4n) is 2.85. The summed E-state index contributed by atoms with van der Waals surface area (Å²) in [7, 11) is -8.79. The molecular formula is C17H20O6S2. The Labute approximate surface area is 148 Å². The van der Waals surface area contributed by atoms with Crippen molar-refractivity contribution in [3.05, 3.63) is 58.7 Å². The molecule has 0 saturated carbocycles. The molecule has 1 atom stereocenters. The molecular weight excluding hydrogens is 364 g/mol. The van der Waals surface area contributed by atoms with Crippen LogP contribution in [0, 0.1) is 13.8 Å². The fraction of sp³-hybridized carbons (Fsp3) is 0.294. The van der Waals surface area contributed by atoms with Gasteiger partial charge in [-0.25, -0.2) is 0 Å². The maximum Gasteiger partial charge on any atom is 0.294 e. The molecule has 2 N–H and O–H groups in total. The van der Waals surface area contributed by atoms with E-state index in [1.54, 1.807) is 45.0 Å². The van der Waals surface area contributed by atoms with Crippen molar-refractivity contribution in [2.24, 2.45) is 0 Å². The predicted molar refractivity (Wildman–Crippen MR) is 94.1 cm³/mol. The Balaban J connectivity index is 2.54. The molecule has 0 radical (unpaired) electrons. The van der Waals surface area contributed by atoms with Crippen LogP contribution in [-0.4, -0.2) is 25.9 Å². The van der Waals surface area contributed by atoms with Gasteiger partial charge in [0.25, 0.3) is 20.2 Å². The lowest BCUT2D eigenvalue weighted by atomic mass is 9.92. The van der Waals surface area contributed by atoms with Gasteiger partial charge in [-0.1, -0.05) is 42.3 Å². The van der Waals surface area contributed by atoms with Crippen molar-refractivity contribution in [1.82, 2.24) is 0 Å². The van der Waals surface area contributed by atoms with E-state index >= 15 is 0 Å². The van der Waals surface area contributed by atoms with Crippen LogP contribution in [-0.2, 0) is 26.7 Å². The highest BCUT2D eigenvalue weighted by Crippen LogP contribution is 2.30. The fourth-order valence-corrected chi connectivity index (χ4v) is 4.36. The van der Waals surface area contributed by atoms with Crippen LogP contribution >= 0.6 is 0 Å². The molecule has 0 aliphatic carbocycles. The van der Waals surface area contributed by atoms with Crippen molar-refractivity contribution >= 4 is 20.2 Å². The largest absolute Gasteiger partial charge is 0.294 e. The van der Waals surface area contributed by atoms with Gasteiger partial charge >= 0.3 is 0 Å². The third kappa shape index (κ3) is 4.66. The maximum absolute atomic E-state index is 11.6. The summed E-state index contributed by atoms with van der Waals surface area (Å²) in [4.78, 5) is -0.405. The molecule has 0 amide bonds. The molecule has 25 heavy (non-hydrogen) atoms. The first-order chi connectivity index (χ1) is 11.4. The number of aryl methyl sites for hydroxylation is 2. The lowest BCUT2D eigenvalue weighted by Crippen LogP contribution is -2.10. The molecule has 0 aliphatic heterocycles. The van der Waals surface area contributed by atoms with Crippen LogP contribution in [0.1, 0.15) is 35.1 Å². The SMILES string of the molecule is Cc1ccc(S(=O)(=O)O)c(C[C@@H](C)c2cc(C)ccc2S(=O)(=O)O)c1. The highest BCUT2D eigenvalue weighted by molar-refractivity contribution is 7.86. The van der Waals surface area contributed by atoms with E-state index in [2.05, 4.69) is 0 Å². The normalized spacial score (nSPS) is 13.6. The summed E-state index contributed by atoms with van der Waals surface area (Å²) >= 11 is 0. The van der Waals surface area contributed by atoms with E-state index in [4.69, 9.17) is 0 Å². The molecule has 6 nitrogen and oxygen atoms in total. The Morgan fingerprint density at radius 2 is 1.32 bits per heavy atom. The Morgan fingerprint density at radius 1 is 0.840 bits per heavy atom. The van der Waals surface area contributed by atoms with Gasteiger partial charge in [0.1, 0.15) is 0 Å². The zero-order valence-corrected chi connectivity index (χ0v) is 15.7. The van der Waals surface area contributed by atoms with Gasteiger partial charge in [-0.2, -0.15) is 16.8 Å². The number of benzene rings is 2. The van der Waals surface area contributed by atoms with E-state index in [9.17, 15) is 25.9 Å². The van der Waals surface area contributed by atoms with Crippen LogP contribution in [0.25, 0.3) is 0 Å². The molecule has 0 fully saturated rings. The van der Waals surface area contributed by atoms with E-state index in [0.29, 0.717) is 11.1 Å². The highest BCUT2D eigenvalue weighted by Gasteiger charge is 2.22. The first-order valence-corrected chi connectivity index (χ1v) is 10.4. The van der Waals surface area contributed by atoms with E-state index in [0.717, 1.165) is 11.1 Å². The van der Waals surface area contributed by atoms with Crippen molar-refractivity contribution in [1.29, 1.82) is 0 Å². The molecule has 0 aliphatic rings. The lowest BCUT2D eigenvalue weighted by molar-refractivity contribution is 0.477. The zero-order chi connectivity index (χ0) is 19.0. The van der Waals surface area contributed by atoms with Crippen LogP contribution < -0.4 is 0 Å². The van der Waals surface area contributed by atoms with Crippen molar-refractivity contribution in [3.8, 4) is 0 Å². The first kappa shape index (κ1) is 19.6. The topological polar surface area (TPSA) is 109 Å². The van der Waals surface area contributed by atoms with Crippen molar-refractivity contribution < 1.29 is 25.9 Å². The Bertz CT molecular complexity index is 1010. The number of rotatable bonds is 5. The number of hydrogen-bond acceptors (Lipinski definition) is 4. The van der Waals surface area contributed by atoms with Gasteiger partial charge in [0.15, 0.2) is 0 Å². The molecule has 0 spiro atoms. The molecule has 2 rings (SSSR count). The Morgan fingerprint density at radius 3 is 1.84 bits per heavy atom. The van der Waals surface area contributed by atoms with Gasteiger partial charge in [0.2, 0.25) is 0 Å². The van der Waals surface area contributed by atoms with Gasteiger partial charge < -0.3 is 0 Å². The van der Waals surface area contributed by atoms with Gasteiger partial charge in [0, 0.05) is 0 Å². The molecule has 0 saturated heterocycles. The molecule has 0 unspecified atom stereocenters. The van der Waals surface area contributed by atoms with Gasteiger partial charge in [-0.15, -0.1) is 0 Å². The van der Waals surface area contributed by atoms with Crippen molar-refractivity contribution in [2.75, 3.05) is 0 Å². The minimum Gasteiger partial charge on any atom is -0.282 e.